The molecule has 0 aliphatic rings. The molecule has 0 aliphatic heterocycles. The van der Waals surface area contributed by atoms with Crippen LogP contribution in [0.25, 0.3) is 0 Å². The van der Waals surface area contributed by atoms with Crippen molar-refractivity contribution in [3.05, 3.63) is 30.3 Å². The van der Waals surface area contributed by atoms with Gasteiger partial charge in [0, 0.05) is 5.69 Å². The zero-order valence-corrected chi connectivity index (χ0v) is 10.7. The molecule has 65 valence electrons. The average molecular weight is 271 g/mol. The predicted octanol–water partition coefficient (Wildman–Crippen LogP) is 1.31. The molecule has 1 aromatic rings. The number of hydrogen-bond donors (Lipinski definition) is 1. The predicted molar refractivity (Wildman–Crippen MR) is 55.3 cm³/mol. The molecule has 2 nitrogen and oxygen atoms in total. The fourth-order valence-electron chi connectivity index (χ4n) is 0.407. The van der Waals surface area contributed by atoms with E-state index in [0.717, 1.165) is 9.99 Å². The van der Waals surface area contributed by atoms with Gasteiger partial charge in [-0.1, -0.05) is 12.1 Å². The topological polar surface area (TPSA) is 43.1 Å². The van der Waals surface area contributed by atoms with Gasteiger partial charge in [-0.25, -0.2) is 0 Å². The van der Waals surface area contributed by atoms with Gasteiger partial charge >= 0.3 is 38.7 Å². The molecule has 1 rings (SSSR count). The summed E-state index contributed by atoms with van der Waals surface area (Å²) in [6, 6.07) is 10.1. The van der Waals surface area contributed by atoms with E-state index in [0.29, 0.717) is 0 Å². The number of hydrogen-bond acceptors (Lipinski definition) is 2. The molecule has 0 fully saturated rings. The van der Waals surface area contributed by atoms with Crippen LogP contribution in [0.4, 0.5) is 5.69 Å². The summed E-state index contributed by atoms with van der Waals surface area (Å²) < 4.78 is 1.13. The third-order valence-electron chi connectivity index (χ3n) is 1.00. The van der Waals surface area contributed by atoms with Crippen LogP contribution in [0.3, 0.4) is 0 Å². The Hall–Kier alpha value is -0.511. The molecule has 0 bridgehead atoms. The van der Waals surface area contributed by atoms with Crippen molar-refractivity contribution in [2.45, 2.75) is 9.88 Å². The molecule has 0 saturated carbocycles. The van der Waals surface area contributed by atoms with Crippen molar-refractivity contribution in [1.29, 1.82) is 0 Å². The van der Waals surface area contributed by atoms with Crippen molar-refractivity contribution in [3.63, 3.8) is 0 Å². The summed E-state index contributed by atoms with van der Waals surface area (Å²) >= 11 is -1.36. The molecule has 12 heavy (non-hydrogen) atoms. The van der Waals surface area contributed by atoms with Gasteiger partial charge < -0.3 is 5.73 Å². The van der Waals surface area contributed by atoms with E-state index in [4.69, 9.17) is 5.73 Å². The molecule has 0 atom stereocenters. The molecule has 0 saturated heterocycles. The summed E-state index contributed by atoms with van der Waals surface area (Å²) in [5.74, 6) is 0. The maximum absolute atomic E-state index is 9.60. The van der Waals surface area contributed by atoms with Crippen LogP contribution in [0.1, 0.15) is 0 Å². The van der Waals surface area contributed by atoms with E-state index >= 15 is 0 Å². The second-order valence-corrected chi connectivity index (χ2v) is 10.6. The van der Waals surface area contributed by atoms with Crippen LogP contribution in [-0.4, -0.2) is 24.1 Å². The average Bonchev–Trinajstić information content (AvgIpc) is 2.07. The van der Waals surface area contributed by atoms with Crippen LogP contribution in [0.15, 0.2) is 24.3 Å². The summed E-state index contributed by atoms with van der Waals surface area (Å²) in [6.45, 7) is 0. The summed E-state index contributed by atoms with van der Waals surface area (Å²) in [5, 5.41) is 0. The van der Waals surface area contributed by atoms with Crippen molar-refractivity contribution in [3.8, 4) is 0 Å². The Morgan fingerprint density at radius 1 is 1.58 bits per heavy atom. The molecular formula is C9H14NOSn. The Morgan fingerprint density at radius 2 is 2.17 bits per heavy atom. The second kappa shape index (κ2) is 7.15. The zero-order chi connectivity index (χ0) is 9.40. The standard InChI is InChI=1S/C6H6N.CHO.2CH3.Sn.H/c7-6-4-2-1-3-5-6;1-2;;;;/h1-2,4-5H,7H2;1H;2*1H3;;. The van der Waals surface area contributed by atoms with Crippen LogP contribution in [0.5, 0.6) is 0 Å². The Labute approximate surface area is 80.5 Å². The Bertz CT molecular complexity index is 211. The van der Waals surface area contributed by atoms with Crippen molar-refractivity contribution < 1.29 is 4.79 Å². The van der Waals surface area contributed by atoms with Gasteiger partial charge in [0.1, 0.15) is 0 Å². The number of nitrogen functional groups attached to an aromatic ring is 1. The van der Waals surface area contributed by atoms with Gasteiger partial charge in [-0.3, -0.25) is 0 Å². The van der Waals surface area contributed by atoms with E-state index < -0.39 is 19.8 Å². The van der Waals surface area contributed by atoms with E-state index in [2.05, 4.69) is 15.9 Å². The van der Waals surface area contributed by atoms with Crippen LogP contribution in [-0.2, 0) is 4.79 Å². The number of carbonyl (C=O) groups is 1. The first-order chi connectivity index (χ1) is 5.66. The van der Waals surface area contributed by atoms with E-state index in [1.807, 2.05) is 18.2 Å². The molecule has 0 aromatic heterocycles. The number of nitrogens with two attached hydrogens (primary N) is 1. The van der Waals surface area contributed by atoms with Crippen LogP contribution >= 0.6 is 0 Å². The van der Waals surface area contributed by atoms with E-state index in [-0.39, 0.29) is 0 Å². The summed E-state index contributed by atoms with van der Waals surface area (Å²) in [4.78, 5) is 13.7. The van der Waals surface area contributed by atoms with Gasteiger partial charge in [0.2, 0.25) is 0 Å². The van der Waals surface area contributed by atoms with Crippen molar-refractivity contribution >= 4 is 29.7 Å². The third kappa shape index (κ3) is 7.59. The molecule has 0 spiro atoms. The fraction of sp³-hybridized carbons (Fsp3) is 0.222. The second-order valence-electron chi connectivity index (χ2n) is 2.72. The Kier molecular flexibility index (Phi) is 6.85. The summed E-state index contributed by atoms with van der Waals surface area (Å²) in [5.41, 5.74) is 6.09. The number of benzene rings is 1. The SMILES string of the molecule is Nc1c[c]ccc1.[CH3][SnH]([CH3])[CH]=O. The van der Waals surface area contributed by atoms with Gasteiger partial charge in [0.25, 0.3) is 0 Å². The van der Waals surface area contributed by atoms with Crippen LogP contribution < -0.4 is 5.73 Å². The minimum absolute atomic E-state index is 0.766. The van der Waals surface area contributed by atoms with Crippen molar-refractivity contribution in [1.82, 2.24) is 0 Å². The van der Waals surface area contributed by atoms with Gasteiger partial charge in [-0.15, -0.1) is 0 Å². The van der Waals surface area contributed by atoms with E-state index in [1.165, 1.54) is 0 Å². The molecule has 0 heterocycles. The van der Waals surface area contributed by atoms with Gasteiger partial charge in [-0.2, -0.15) is 0 Å². The fourth-order valence-corrected chi connectivity index (χ4v) is 0.407. The minimum atomic E-state index is -1.36. The number of carbonyl (C=O) groups excluding carboxylic acids is 1. The number of anilines is 1. The molecule has 0 aliphatic carbocycles. The normalized spacial score (nSPS) is 8.58. The molecule has 3 heteroatoms. The first kappa shape index (κ1) is 11.5. The summed E-state index contributed by atoms with van der Waals surface area (Å²) in [6.07, 6.45) is 0. The van der Waals surface area contributed by atoms with Gasteiger partial charge in [0.15, 0.2) is 0 Å². The quantitative estimate of drug-likeness (QED) is 0.475. The van der Waals surface area contributed by atoms with E-state index in [9.17, 15) is 4.79 Å². The molecule has 1 radical (unpaired) electrons. The molecule has 0 unspecified atom stereocenters. The first-order valence-electron chi connectivity index (χ1n) is 3.83. The first-order valence-corrected chi connectivity index (χ1v) is 12.3. The Balaban J connectivity index is 0.000000217. The van der Waals surface area contributed by atoms with E-state index in [1.54, 1.807) is 6.07 Å². The molecule has 2 N–H and O–H groups in total. The monoisotopic (exact) mass is 272 g/mol. The van der Waals surface area contributed by atoms with Crippen LogP contribution in [0, 0.1) is 6.07 Å². The maximum atomic E-state index is 9.60. The zero-order valence-electron chi connectivity index (χ0n) is 7.45. The van der Waals surface area contributed by atoms with Gasteiger partial charge in [0.05, 0.1) is 0 Å². The molecule has 1 aromatic carbocycles. The van der Waals surface area contributed by atoms with Gasteiger partial charge in [-0.05, 0) is 18.2 Å². The van der Waals surface area contributed by atoms with Crippen molar-refractivity contribution in [2.24, 2.45) is 0 Å². The van der Waals surface area contributed by atoms with Crippen molar-refractivity contribution in [2.75, 3.05) is 5.73 Å². The third-order valence-corrected chi connectivity index (χ3v) is 2.56. The number of rotatable bonds is 1. The molecule has 0 amide bonds. The summed E-state index contributed by atoms with van der Waals surface area (Å²) in [7, 11) is 0. The van der Waals surface area contributed by atoms with Crippen LogP contribution in [0.2, 0.25) is 9.88 Å². The molecular weight excluding hydrogens is 257 g/mol. The Morgan fingerprint density at radius 3 is 2.33 bits per heavy atom.